The van der Waals surface area contributed by atoms with Crippen LogP contribution in [-0.2, 0) is 6.54 Å². The van der Waals surface area contributed by atoms with E-state index in [1.807, 2.05) is 0 Å². The van der Waals surface area contributed by atoms with Gasteiger partial charge in [0.2, 0.25) is 0 Å². The van der Waals surface area contributed by atoms with Crippen LogP contribution in [0, 0.1) is 0 Å². The molecule has 0 amide bonds. The lowest BCUT2D eigenvalue weighted by molar-refractivity contribution is 0.312. The lowest BCUT2D eigenvalue weighted by atomic mass is 10.3. The Balaban J connectivity index is 1.78. The first kappa shape index (κ1) is 13.8. The van der Waals surface area contributed by atoms with E-state index in [1.165, 1.54) is 23.7 Å². The molecule has 4 nitrogen and oxygen atoms in total. The third-order valence-electron chi connectivity index (χ3n) is 3.33. The van der Waals surface area contributed by atoms with E-state index in [2.05, 4.69) is 34.5 Å². The summed E-state index contributed by atoms with van der Waals surface area (Å²) in [6.07, 6.45) is 2.49. The van der Waals surface area contributed by atoms with Crippen molar-refractivity contribution in [3.63, 3.8) is 0 Å². The van der Waals surface area contributed by atoms with E-state index in [0.717, 1.165) is 39.3 Å². The summed E-state index contributed by atoms with van der Waals surface area (Å²) < 4.78 is 0. The number of anilines is 1. The zero-order valence-electron chi connectivity index (χ0n) is 11.5. The van der Waals surface area contributed by atoms with Gasteiger partial charge in [-0.25, -0.2) is 4.98 Å². The smallest absolute Gasteiger partial charge is 0.185 e. The van der Waals surface area contributed by atoms with E-state index in [9.17, 15) is 0 Å². The zero-order chi connectivity index (χ0) is 12.8. The molecular formula is C13H24N4S. The van der Waals surface area contributed by atoms with Gasteiger partial charge < -0.3 is 15.1 Å². The predicted octanol–water partition coefficient (Wildman–Crippen LogP) is 1.78. The minimum absolute atomic E-state index is 0.907. The Morgan fingerprint density at radius 1 is 1.33 bits per heavy atom. The first-order valence-electron chi connectivity index (χ1n) is 6.88. The van der Waals surface area contributed by atoms with Crippen LogP contribution in [-0.4, -0.2) is 49.7 Å². The predicted molar refractivity (Wildman–Crippen MR) is 78.4 cm³/mol. The number of rotatable bonds is 6. The molecule has 0 bridgehead atoms. The van der Waals surface area contributed by atoms with E-state index in [-0.39, 0.29) is 0 Å². The lowest BCUT2D eigenvalue weighted by Crippen LogP contribution is -2.44. The molecule has 0 atom stereocenters. The first-order valence-corrected chi connectivity index (χ1v) is 7.76. The van der Waals surface area contributed by atoms with Crippen LogP contribution in [0.25, 0.3) is 0 Å². The fourth-order valence-electron chi connectivity index (χ4n) is 2.04. The zero-order valence-corrected chi connectivity index (χ0v) is 12.3. The number of piperazine rings is 1. The molecule has 0 aliphatic carbocycles. The maximum absolute atomic E-state index is 4.72. The highest BCUT2D eigenvalue weighted by Crippen LogP contribution is 2.21. The van der Waals surface area contributed by atoms with Gasteiger partial charge in [-0.1, -0.05) is 13.3 Å². The quantitative estimate of drug-likeness (QED) is 0.797. The molecule has 1 aromatic heterocycles. The van der Waals surface area contributed by atoms with Crippen LogP contribution in [0.4, 0.5) is 5.13 Å². The van der Waals surface area contributed by atoms with Gasteiger partial charge in [-0.05, 0) is 20.0 Å². The van der Waals surface area contributed by atoms with E-state index in [4.69, 9.17) is 4.98 Å². The largest absolute Gasteiger partial charge is 0.346 e. The Morgan fingerprint density at radius 3 is 2.83 bits per heavy atom. The minimum atomic E-state index is 0.907. The first-order chi connectivity index (χ1) is 8.79. The van der Waals surface area contributed by atoms with E-state index in [1.54, 1.807) is 11.3 Å². The highest BCUT2D eigenvalue weighted by atomic mass is 32.1. The summed E-state index contributed by atoms with van der Waals surface area (Å²) in [6.45, 7) is 8.71. The van der Waals surface area contributed by atoms with Crippen molar-refractivity contribution in [1.82, 2.24) is 15.2 Å². The monoisotopic (exact) mass is 268 g/mol. The van der Waals surface area contributed by atoms with Crippen molar-refractivity contribution in [3.05, 3.63) is 11.1 Å². The number of aromatic nitrogens is 1. The molecule has 1 saturated heterocycles. The highest BCUT2D eigenvalue weighted by molar-refractivity contribution is 7.13. The number of hydrogen-bond donors (Lipinski definition) is 1. The van der Waals surface area contributed by atoms with Crippen molar-refractivity contribution in [2.24, 2.45) is 0 Å². The van der Waals surface area contributed by atoms with Crippen molar-refractivity contribution in [2.75, 3.05) is 44.7 Å². The summed E-state index contributed by atoms with van der Waals surface area (Å²) in [6, 6.07) is 0. The third-order valence-corrected chi connectivity index (χ3v) is 4.28. The SMILES string of the molecule is CCCCNCc1csc(N2CCN(C)CC2)n1. The number of unbranched alkanes of at least 4 members (excludes halogenated alkanes) is 1. The van der Waals surface area contributed by atoms with Crippen molar-refractivity contribution in [2.45, 2.75) is 26.3 Å². The van der Waals surface area contributed by atoms with Crippen LogP contribution in [0.3, 0.4) is 0 Å². The molecule has 2 heterocycles. The van der Waals surface area contributed by atoms with Gasteiger partial charge in [0, 0.05) is 38.1 Å². The van der Waals surface area contributed by atoms with Crippen molar-refractivity contribution >= 4 is 16.5 Å². The number of nitrogens with one attached hydrogen (secondary N) is 1. The molecule has 2 rings (SSSR count). The minimum Gasteiger partial charge on any atom is -0.346 e. The van der Waals surface area contributed by atoms with Gasteiger partial charge >= 0.3 is 0 Å². The number of thiazole rings is 1. The van der Waals surface area contributed by atoms with Gasteiger partial charge in [0.1, 0.15) is 0 Å². The topological polar surface area (TPSA) is 31.4 Å². The van der Waals surface area contributed by atoms with Crippen molar-refractivity contribution in [1.29, 1.82) is 0 Å². The van der Waals surface area contributed by atoms with Crippen LogP contribution < -0.4 is 10.2 Å². The summed E-state index contributed by atoms with van der Waals surface area (Å²) in [4.78, 5) is 9.50. The van der Waals surface area contributed by atoms with E-state index >= 15 is 0 Å². The van der Waals surface area contributed by atoms with Gasteiger partial charge in [-0.2, -0.15) is 0 Å². The van der Waals surface area contributed by atoms with Crippen LogP contribution in [0.1, 0.15) is 25.5 Å². The normalized spacial score (nSPS) is 17.3. The van der Waals surface area contributed by atoms with Crippen LogP contribution in [0.2, 0.25) is 0 Å². The molecule has 1 aliphatic rings. The Morgan fingerprint density at radius 2 is 2.11 bits per heavy atom. The Kier molecular flexibility index (Phi) is 5.41. The standard InChI is InChI=1S/C13H24N4S/c1-3-4-5-14-10-12-11-18-13(15-12)17-8-6-16(2)7-9-17/h11,14H,3-10H2,1-2H3. The van der Waals surface area contributed by atoms with Gasteiger partial charge in [-0.3, -0.25) is 0 Å². The molecule has 1 fully saturated rings. The maximum atomic E-state index is 4.72. The molecule has 1 aromatic rings. The average Bonchev–Trinajstić information content (AvgIpc) is 2.84. The van der Waals surface area contributed by atoms with Gasteiger partial charge in [0.15, 0.2) is 5.13 Å². The summed E-state index contributed by atoms with van der Waals surface area (Å²) in [7, 11) is 2.18. The lowest BCUT2D eigenvalue weighted by Gasteiger charge is -2.32. The second kappa shape index (κ2) is 7.07. The molecule has 1 aliphatic heterocycles. The third kappa shape index (κ3) is 3.93. The van der Waals surface area contributed by atoms with Crippen LogP contribution in [0.5, 0.6) is 0 Å². The summed E-state index contributed by atoms with van der Waals surface area (Å²) >= 11 is 1.78. The molecule has 5 heteroatoms. The second-order valence-electron chi connectivity index (χ2n) is 4.94. The van der Waals surface area contributed by atoms with Crippen molar-refractivity contribution in [3.8, 4) is 0 Å². The molecule has 0 aromatic carbocycles. The number of likely N-dealkylation sites (N-methyl/N-ethyl adjacent to an activating group) is 1. The number of nitrogens with zero attached hydrogens (tertiary/aromatic N) is 3. The highest BCUT2D eigenvalue weighted by Gasteiger charge is 2.16. The number of hydrogen-bond acceptors (Lipinski definition) is 5. The maximum Gasteiger partial charge on any atom is 0.185 e. The Hall–Kier alpha value is -0.650. The average molecular weight is 268 g/mol. The fourth-order valence-corrected chi connectivity index (χ4v) is 2.92. The molecule has 0 saturated carbocycles. The van der Waals surface area contributed by atoms with Gasteiger partial charge in [0.25, 0.3) is 0 Å². The molecule has 0 radical (unpaired) electrons. The second-order valence-corrected chi connectivity index (χ2v) is 5.78. The molecule has 1 N–H and O–H groups in total. The molecule has 0 spiro atoms. The molecule has 0 unspecified atom stereocenters. The van der Waals surface area contributed by atoms with Gasteiger partial charge in [0.05, 0.1) is 5.69 Å². The Bertz CT molecular complexity index is 345. The molecule has 102 valence electrons. The Labute approximate surface area is 114 Å². The molecular weight excluding hydrogens is 244 g/mol. The summed E-state index contributed by atoms with van der Waals surface area (Å²) in [5.41, 5.74) is 1.19. The van der Waals surface area contributed by atoms with E-state index < -0.39 is 0 Å². The molecule has 18 heavy (non-hydrogen) atoms. The van der Waals surface area contributed by atoms with Crippen LogP contribution in [0.15, 0.2) is 5.38 Å². The summed E-state index contributed by atoms with van der Waals surface area (Å²) in [5.74, 6) is 0. The van der Waals surface area contributed by atoms with Crippen molar-refractivity contribution < 1.29 is 0 Å². The van der Waals surface area contributed by atoms with Crippen LogP contribution >= 0.6 is 11.3 Å². The fraction of sp³-hybridized carbons (Fsp3) is 0.769. The summed E-state index contributed by atoms with van der Waals surface area (Å²) in [5, 5.41) is 6.82. The van der Waals surface area contributed by atoms with E-state index in [0.29, 0.717) is 0 Å². The van der Waals surface area contributed by atoms with Gasteiger partial charge in [-0.15, -0.1) is 11.3 Å².